The quantitative estimate of drug-likeness (QED) is 0.811. The van der Waals surface area contributed by atoms with E-state index in [0.29, 0.717) is 5.56 Å². The lowest BCUT2D eigenvalue weighted by Gasteiger charge is -2.07. The molecule has 0 aliphatic carbocycles. The first-order valence-electron chi connectivity index (χ1n) is 5.93. The van der Waals surface area contributed by atoms with Gasteiger partial charge in [-0.3, -0.25) is 4.79 Å². The first kappa shape index (κ1) is 15.0. The van der Waals surface area contributed by atoms with Crippen molar-refractivity contribution in [1.29, 1.82) is 0 Å². The van der Waals surface area contributed by atoms with Crippen LogP contribution in [0, 0.1) is 0 Å². The highest BCUT2D eigenvalue weighted by atomic mass is 19.4. The molecule has 5 nitrogen and oxygen atoms in total. The van der Waals surface area contributed by atoms with Crippen LogP contribution < -0.4 is 0 Å². The van der Waals surface area contributed by atoms with Crippen molar-refractivity contribution in [3.63, 3.8) is 0 Å². The first-order chi connectivity index (χ1) is 9.88. The van der Waals surface area contributed by atoms with Crippen molar-refractivity contribution in [2.75, 3.05) is 7.11 Å². The number of alkyl halides is 3. The van der Waals surface area contributed by atoms with Crippen molar-refractivity contribution in [3.05, 3.63) is 47.1 Å². The number of carbonyl (C=O) groups excluding carboxylic acids is 1. The molecule has 0 spiro atoms. The van der Waals surface area contributed by atoms with Crippen molar-refractivity contribution in [2.45, 2.75) is 19.0 Å². The molecule has 8 heteroatoms. The Bertz CT molecular complexity index is 638. The highest BCUT2D eigenvalue weighted by Gasteiger charge is 2.30. The molecule has 21 heavy (non-hydrogen) atoms. The van der Waals surface area contributed by atoms with E-state index in [1.165, 1.54) is 19.2 Å². The maximum Gasteiger partial charge on any atom is 0.416 e. The summed E-state index contributed by atoms with van der Waals surface area (Å²) in [5, 5.41) is 3.62. The summed E-state index contributed by atoms with van der Waals surface area (Å²) in [6.07, 6.45) is -4.50. The van der Waals surface area contributed by atoms with Gasteiger partial charge in [0.1, 0.15) is 6.42 Å². The highest BCUT2D eigenvalue weighted by molar-refractivity contribution is 5.71. The van der Waals surface area contributed by atoms with Crippen LogP contribution in [-0.4, -0.2) is 23.2 Å². The summed E-state index contributed by atoms with van der Waals surface area (Å²) in [7, 11) is 1.22. The fourth-order valence-corrected chi connectivity index (χ4v) is 1.67. The van der Waals surface area contributed by atoms with Gasteiger partial charge in [0, 0.05) is 6.42 Å². The third-order valence-corrected chi connectivity index (χ3v) is 2.65. The smallest absolute Gasteiger partial charge is 0.416 e. The number of halogens is 3. The zero-order valence-corrected chi connectivity index (χ0v) is 11.0. The van der Waals surface area contributed by atoms with Crippen LogP contribution >= 0.6 is 0 Å². The van der Waals surface area contributed by atoms with Crippen LogP contribution in [0.4, 0.5) is 13.2 Å². The van der Waals surface area contributed by atoms with Crippen LogP contribution in [0.2, 0.25) is 0 Å². The number of methoxy groups -OCH3 is 1. The maximum atomic E-state index is 12.6. The van der Waals surface area contributed by atoms with E-state index >= 15 is 0 Å². The fourth-order valence-electron chi connectivity index (χ4n) is 1.67. The fraction of sp³-hybridized carbons (Fsp3) is 0.308. The predicted octanol–water partition coefficient (Wildman–Crippen LogP) is 2.39. The lowest BCUT2D eigenvalue weighted by Crippen LogP contribution is -2.06. The van der Waals surface area contributed by atoms with Gasteiger partial charge in [-0.1, -0.05) is 23.4 Å². The van der Waals surface area contributed by atoms with Crippen molar-refractivity contribution >= 4 is 5.97 Å². The minimum Gasteiger partial charge on any atom is -0.469 e. The molecule has 2 aromatic rings. The standard InChI is InChI=1S/C13H11F3N2O3/c1-20-12(19)7-11-17-10(18-21-11)6-8-3-2-4-9(5-8)13(14,15)16/h2-5H,6-7H2,1H3. The number of hydrogen-bond donors (Lipinski definition) is 0. The van der Waals surface area contributed by atoms with E-state index in [9.17, 15) is 18.0 Å². The van der Waals surface area contributed by atoms with E-state index in [0.717, 1.165) is 12.1 Å². The molecule has 0 N–H and O–H groups in total. The topological polar surface area (TPSA) is 65.2 Å². The van der Waals surface area contributed by atoms with E-state index in [1.54, 1.807) is 0 Å². The molecular weight excluding hydrogens is 289 g/mol. The number of nitrogens with zero attached hydrogens (tertiary/aromatic N) is 2. The van der Waals surface area contributed by atoms with Crippen LogP contribution in [0.25, 0.3) is 0 Å². The summed E-state index contributed by atoms with van der Waals surface area (Å²) in [5.74, 6) is -0.277. The summed E-state index contributed by atoms with van der Waals surface area (Å²) in [6.45, 7) is 0. The lowest BCUT2D eigenvalue weighted by molar-refractivity contribution is -0.140. The summed E-state index contributed by atoms with van der Waals surface area (Å²) in [4.78, 5) is 15.0. The number of benzene rings is 1. The van der Waals surface area contributed by atoms with Crippen molar-refractivity contribution in [3.8, 4) is 0 Å². The molecule has 0 saturated heterocycles. The van der Waals surface area contributed by atoms with Gasteiger partial charge in [0.25, 0.3) is 0 Å². The molecule has 0 radical (unpaired) electrons. The van der Waals surface area contributed by atoms with Crippen LogP contribution in [0.1, 0.15) is 22.8 Å². The summed E-state index contributed by atoms with van der Waals surface area (Å²) in [5.41, 5.74) is -0.339. The molecule has 0 aliphatic rings. The average Bonchev–Trinajstić information content (AvgIpc) is 2.85. The molecule has 0 atom stereocenters. The summed E-state index contributed by atoms with van der Waals surface area (Å²) < 4.78 is 47.0. The maximum absolute atomic E-state index is 12.6. The predicted molar refractivity (Wildman–Crippen MR) is 64.3 cm³/mol. The van der Waals surface area contributed by atoms with Gasteiger partial charge < -0.3 is 9.26 Å². The van der Waals surface area contributed by atoms with E-state index in [-0.39, 0.29) is 24.6 Å². The molecular formula is C13H11F3N2O3. The number of hydrogen-bond acceptors (Lipinski definition) is 5. The van der Waals surface area contributed by atoms with Gasteiger partial charge in [0.15, 0.2) is 5.82 Å². The van der Waals surface area contributed by atoms with Crippen LogP contribution in [0.15, 0.2) is 28.8 Å². The Morgan fingerprint density at radius 1 is 1.38 bits per heavy atom. The van der Waals surface area contributed by atoms with Gasteiger partial charge in [-0.05, 0) is 11.6 Å². The van der Waals surface area contributed by atoms with Crippen molar-refractivity contribution in [2.24, 2.45) is 0 Å². The number of aromatic nitrogens is 2. The van der Waals surface area contributed by atoms with Gasteiger partial charge in [0.2, 0.25) is 5.89 Å². The second-order valence-corrected chi connectivity index (χ2v) is 4.23. The van der Waals surface area contributed by atoms with Crippen molar-refractivity contribution < 1.29 is 27.2 Å². The average molecular weight is 300 g/mol. The molecule has 1 aromatic carbocycles. The molecule has 0 saturated carbocycles. The third kappa shape index (κ3) is 4.04. The Morgan fingerprint density at radius 2 is 2.14 bits per heavy atom. The summed E-state index contributed by atoms with van der Waals surface area (Å²) >= 11 is 0. The van der Waals surface area contributed by atoms with Gasteiger partial charge >= 0.3 is 12.1 Å². The minimum atomic E-state index is -4.40. The number of carbonyl (C=O) groups is 1. The van der Waals surface area contributed by atoms with E-state index < -0.39 is 17.7 Å². The molecule has 2 rings (SSSR count). The van der Waals surface area contributed by atoms with E-state index in [2.05, 4.69) is 14.9 Å². The van der Waals surface area contributed by atoms with Crippen LogP contribution in [-0.2, 0) is 28.5 Å². The molecule has 1 heterocycles. The van der Waals surface area contributed by atoms with E-state index in [4.69, 9.17) is 4.52 Å². The molecule has 0 unspecified atom stereocenters. The number of ether oxygens (including phenoxy) is 1. The molecule has 112 valence electrons. The Labute approximate surface area is 117 Å². The van der Waals surface area contributed by atoms with Crippen LogP contribution in [0.3, 0.4) is 0 Å². The second-order valence-electron chi connectivity index (χ2n) is 4.23. The lowest BCUT2D eigenvalue weighted by atomic mass is 10.1. The molecule has 0 amide bonds. The van der Waals surface area contributed by atoms with Gasteiger partial charge in [-0.25, -0.2) is 0 Å². The normalized spacial score (nSPS) is 11.4. The Kier molecular flexibility index (Phi) is 4.25. The van der Waals surface area contributed by atoms with Gasteiger partial charge in [-0.15, -0.1) is 0 Å². The second kappa shape index (κ2) is 5.94. The van der Waals surface area contributed by atoms with Gasteiger partial charge in [-0.2, -0.15) is 18.2 Å². The zero-order chi connectivity index (χ0) is 15.5. The summed E-state index contributed by atoms with van der Waals surface area (Å²) in [6, 6.07) is 4.86. The number of rotatable bonds is 4. The van der Waals surface area contributed by atoms with Gasteiger partial charge in [0.05, 0.1) is 12.7 Å². The van der Waals surface area contributed by atoms with Crippen LogP contribution in [0.5, 0.6) is 0 Å². The molecule has 0 aliphatic heterocycles. The zero-order valence-electron chi connectivity index (χ0n) is 11.0. The molecule has 0 bridgehead atoms. The monoisotopic (exact) mass is 300 g/mol. The Morgan fingerprint density at radius 3 is 2.81 bits per heavy atom. The molecule has 0 fully saturated rings. The SMILES string of the molecule is COC(=O)Cc1nc(Cc2cccc(C(F)(F)F)c2)no1. The Hall–Kier alpha value is -2.38. The third-order valence-electron chi connectivity index (χ3n) is 2.65. The van der Waals surface area contributed by atoms with E-state index in [1.807, 2.05) is 0 Å². The van der Waals surface area contributed by atoms with Crippen molar-refractivity contribution in [1.82, 2.24) is 10.1 Å². The number of esters is 1. The largest absolute Gasteiger partial charge is 0.469 e. The Balaban J connectivity index is 2.10. The molecule has 1 aromatic heterocycles. The first-order valence-corrected chi connectivity index (χ1v) is 5.93. The highest BCUT2D eigenvalue weighted by Crippen LogP contribution is 2.29. The minimum absolute atomic E-state index is 0.0591.